The molecule has 1 heterocycles. The van der Waals surface area contributed by atoms with Crippen LogP contribution >= 0.6 is 0 Å². The van der Waals surface area contributed by atoms with E-state index in [2.05, 4.69) is 4.98 Å². The molecule has 0 spiro atoms. The Labute approximate surface area is 117 Å². The zero-order chi connectivity index (χ0) is 14.3. The van der Waals surface area contributed by atoms with Crippen LogP contribution in [0.3, 0.4) is 0 Å². The fourth-order valence-corrected chi connectivity index (χ4v) is 3.82. The number of hydrogen-bond donors (Lipinski definition) is 0. The van der Waals surface area contributed by atoms with E-state index in [4.69, 9.17) is 0 Å². The molecule has 3 rings (SSSR count). The molecule has 108 valence electrons. The molecule has 3 atom stereocenters. The highest BCUT2D eigenvalue weighted by Crippen LogP contribution is 2.48. The van der Waals surface area contributed by atoms with Gasteiger partial charge in [0, 0.05) is 19.8 Å². The van der Waals surface area contributed by atoms with Crippen molar-refractivity contribution in [1.29, 1.82) is 0 Å². The smallest absolute Gasteiger partial charge is 0.256 e. The Morgan fingerprint density at radius 3 is 2.85 bits per heavy atom. The zero-order valence-electron chi connectivity index (χ0n) is 11.5. The number of fused-ring (bicyclic) bond motifs is 2. The molecule has 3 unspecified atom stereocenters. The second-order valence-electron chi connectivity index (χ2n) is 6.08. The molecule has 2 bridgehead atoms. The van der Waals surface area contributed by atoms with Crippen molar-refractivity contribution in [2.75, 3.05) is 13.6 Å². The van der Waals surface area contributed by atoms with Crippen LogP contribution in [0.2, 0.25) is 0 Å². The first kappa shape index (κ1) is 13.5. The quantitative estimate of drug-likeness (QED) is 0.798. The van der Waals surface area contributed by atoms with Crippen molar-refractivity contribution >= 4 is 5.91 Å². The van der Waals surface area contributed by atoms with Gasteiger partial charge < -0.3 is 4.90 Å². The molecule has 0 saturated heterocycles. The molecular weight excluding hydrogens is 262 g/mol. The molecule has 1 amide bonds. The Morgan fingerprint density at radius 1 is 1.40 bits per heavy atom. The highest BCUT2D eigenvalue weighted by molar-refractivity contribution is 5.94. The first-order chi connectivity index (χ1) is 9.56. The van der Waals surface area contributed by atoms with E-state index in [-0.39, 0.29) is 5.56 Å². The van der Waals surface area contributed by atoms with E-state index >= 15 is 0 Å². The SMILES string of the molecule is CN(CC1CC2CCC1C2)C(=O)c1ccnc(F)c1F. The molecule has 3 nitrogen and oxygen atoms in total. The number of amides is 1. The summed E-state index contributed by atoms with van der Waals surface area (Å²) in [7, 11) is 1.66. The van der Waals surface area contributed by atoms with Crippen molar-refractivity contribution in [2.45, 2.75) is 25.7 Å². The first-order valence-electron chi connectivity index (χ1n) is 7.11. The van der Waals surface area contributed by atoms with Gasteiger partial charge in [-0.05, 0) is 43.1 Å². The predicted molar refractivity (Wildman–Crippen MR) is 70.1 cm³/mol. The van der Waals surface area contributed by atoms with Gasteiger partial charge in [0.05, 0.1) is 5.56 Å². The molecule has 0 radical (unpaired) electrons. The summed E-state index contributed by atoms with van der Waals surface area (Å²) in [6, 6.07) is 1.23. The highest BCUT2D eigenvalue weighted by atomic mass is 19.2. The Kier molecular flexibility index (Phi) is 3.44. The minimum atomic E-state index is -1.22. The Bertz CT molecular complexity index is 535. The number of pyridine rings is 1. The zero-order valence-corrected chi connectivity index (χ0v) is 11.5. The number of carbonyl (C=O) groups excluding carboxylic acids is 1. The third-order valence-electron chi connectivity index (χ3n) is 4.82. The lowest BCUT2D eigenvalue weighted by molar-refractivity contribution is 0.0748. The summed E-state index contributed by atoms with van der Waals surface area (Å²) >= 11 is 0. The van der Waals surface area contributed by atoms with Crippen LogP contribution in [0.25, 0.3) is 0 Å². The standard InChI is InChI=1S/C15H18F2N2O/c1-19(8-11-7-9-2-3-10(11)6-9)15(20)12-4-5-18-14(17)13(12)16/h4-5,9-11H,2-3,6-8H2,1H3. The van der Waals surface area contributed by atoms with Gasteiger partial charge in [0.25, 0.3) is 5.91 Å². The van der Waals surface area contributed by atoms with Gasteiger partial charge in [-0.25, -0.2) is 9.37 Å². The highest BCUT2D eigenvalue weighted by Gasteiger charge is 2.40. The third-order valence-corrected chi connectivity index (χ3v) is 4.82. The molecule has 1 aromatic rings. The molecule has 2 fully saturated rings. The summed E-state index contributed by atoms with van der Waals surface area (Å²) in [4.78, 5) is 16.9. The Hall–Kier alpha value is -1.52. The second kappa shape index (κ2) is 5.11. The predicted octanol–water partition coefficient (Wildman–Crippen LogP) is 2.87. The van der Waals surface area contributed by atoms with Crippen LogP contribution < -0.4 is 0 Å². The number of aromatic nitrogens is 1. The van der Waals surface area contributed by atoms with Crippen LogP contribution in [0.15, 0.2) is 12.3 Å². The van der Waals surface area contributed by atoms with Gasteiger partial charge in [-0.15, -0.1) is 0 Å². The van der Waals surface area contributed by atoms with Crippen molar-refractivity contribution in [3.05, 3.63) is 29.6 Å². The van der Waals surface area contributed by atoms with Crippen LogP contribution in [-0.4, -0.2) is 29.4 Å². The van der Waals surface area contributed by atoms with Crippen molar-refractivity contribution in [2.24, 2.45) is 17.8 Å². The molecule has 0 aliphatic heterocycles. The molecule has 2 aliphatic rings. The third kappa shape index (κ3) is 2.30. The largest absolute Gasteiger partial charge is 0.341 e. The van der Waals surface area contributed by atoms with E-state index < -0.39 is 17.7 Å². The number of hydrogen-bond acceptors (Lipinski definition) is 2. The summed E-state index contributed by atoms with van der Waals surface area (Å²) < 4.78 is 26.7. The Morgan fingerprint density at radius 2 is 2.20 bits per heavy atom. The number of halogens is 2. The summed E-state index contributed by atoms with van der Waals surface area (Å²) in [6.07, 6.45) is 6.11. The van der Waals surface area contributed by atoms with Gasteiger partial charge in [0.2, 0.25) is 5.95 Å². The van der Waals surface area contributed by atoms with Gasteiger partial charge in [-0.1, -0.05) is 6.42 Å². The van der Waals surface area contributed by atoms with Crippen molar-refractivity contribution in [1.82, 2.24) is 9.88 Å². The van der Waals surface area contributed by atoms with Crippen LogP contribution in [0, 0.1) is 29.5 Å². The molecular formula is C15H18F2N2O. The molecule has 2 aliphatic carbocycles. The fourth-order valence-electron chi connectivity index (χ4n) is 3.82. The summed E-state index contributed by atoms with van der Waals surface area (Å²) in [6.45, 7) is 0.628. The summed E-state index contributed by atoms with van der Waals surface area (Å²) in [5.74, 6) is -0.816. The van der Waals surface area contributed by atoms with Crippen molar-refractivity contribution in [3.8, 4) is 0 Å². The van der Waals surface area contributed by atoms with E-state index in [1.165, 1.54) is 30.2 Å². The van der Waals surface area contributed by atoms with Gasteiger partial charge in [0.1, 0.15) is 0 Å². The van der Waals surface area contributed by atoms with E-state index in [0.717, 1.165) is 18.5 Å². The van der Waals surface area contributed by atoms with E-state index in [0.29, 0.717) is 18.4 Å². The average Bonchev–Trinajstić information content (AvgIpc) is 3.03. The second-order valence-corrected chi connectivity index (χ2v) is 6.08. The van der Waals surface area contributed by atoms with Crippen LogP contribution in [0.1, 0.15) is 36.0 Å². The van der Waals surface area contributed by atoms with Gasteiger partial charge in [-0.2, -0.15) is 4.39 Å². The maximum Gasteiger partial charge on any atom is 0.256 e. The number of carbonyl (C=O) groups is 1. The lowest BCUT2D eigenvalue weighted by Crippen LogP contribution is -2.34. The fraction of sp³-hybridized carbons (Fsp3) is 0.600. The molecule has 5 heteroatoms. The van der Waals surface area contributed by atoms with Crippen LogP contribution in [0.5, 0.6) is 0 Å². The molecule has 1 aromatic heterocycles. The van der Waals surface area contributed by atoms with E-state index in [9.17, 15) is 13.6 Å². The first-order valence-corrected chi connectivity index (χ1v) is 7.11. The summed E-state index contributed by atoms with van der Waals surface area (Å²) in [5.41, 5.74) is -0.233. The van der Waals surface area contributed by atoms with Gasteiger partial charge in [-0.3, -0.25) is 4.79 Å². The monoisotopic (exact) mass is 280 g/mol. The Balaban J connectivity index is 1.69. The van der Waals surface area contributed by atoms with Crippen molar-refractivity contribution < 1.29 is 13.6 Å². The van der Waals surface area contributed by atoms with Crippen LogP contribution in [-0.2, 0) is 0 Å². The molecule has 0 N–H and O–H groups in total. The minimum Gasteiger partial charge on any atom is -0.341 e. The average molecular weight is 280 g/mol. The number of rotatable bonds is 3. The maximum atomic E-state index is 13.6. The van der Waals surface area contributed by atoms with Gasteiger partial charge >= 0.3 is 0 Å². The molecule has 2 saturated carbocycles. The van der Waals surface area contributed by atoms with Crippen LogP contribution in [0.4, 0.5) is 8.78 Å². The van der Waals surface area contributed by atoms with Crippen molar-refractivity contribution in [3.63, 3.8) is 0 Å². The molecule has 20 heavy (non-hydrogen) atoms. The summed E-state index contributed by atoms with van der Waals surface area (Å²) in [5, 5.41) is 0. The maximum absolute atomic E-state index is 13.6. The van der Waals surface area contributed by atoms with Gasteiger partial charge in [0.15, 0.2) is 5.82 Å². The molecule has 0 aromatic carbocycles. The minimum absolute atomic E-state index is 0.233. The lowest BCUT2D eigenvalue weighted by atomic mass is 9.88. The van der Waals surface area contributed by atoms with E-state index in [1.807, 2.05) is 0 Å². The number of nitrogens with zero attached hydrogens (tertiary/aromatic N) is 2. The van der Waals surface area contributed by atoms with E-state index in [1.54, 1.807) is 7.05 Å². The topological polar surface area (TPSA) is 33.2 Å². The normalized spacial score (nSPS) is 27.9. The lowest BCUT2D eigenvalue weighted by Gasteiger charge is -2.27.